The highest BCUT2D eigenvalue weighted by molar-refractivity contribution is 7.19. The number of anilines is 8. The topological polar surface area (TPSA) is 434 Å². The molecule has 33 heteroatoms. The second-order valence-corrected chi connectivity index (χ2v) is 37.5. The highest BCUT2D eigenvalue weighted by atomic mass is 32.1. The second kappa shape index (κ2) is 41.6. The Morgan fingerprint density at radius 2 is 0.640 bits per heavy atom. The Balaban J connectivity index is 0.000000146. The predicted molar refractivity (Wildman–Crippen MR) is 499 cm³/mol. The van der Waals surface area contributed by atoms with Crippen LogP contribution in [0.15, 0.2) is 122 Å². The van der Waals surface area contributed by atoms with Gasteiger partial charge in [-0.25, -0.2) is 44.7 Å². The largest absolute Gasteiger partial charge is 0.474 e. The van der Waals surface area contributed by atoms with Crippen molar-refractivity contribution in [2.45, 2.75) is 184 Å². The van der Waals surface area contributed by atoms with Crippen LogP contribution in [0.4, 0.5) is 46.0 Å². The number of pyridine rings is 4. The van der Waals surface area contributed by atoms with E-state index < -0.39 is 47.3 Å². The van der Waals surface area contributed by atoms with Gasteiger partial charge in [-0.05, 0) is 252 Å². The molecule has 4 saturated heterocycles. The van der Waals surface area contributed by atoms with E-state index in [1.807, 2.05) is 48.5 Å². The fourth-order valence-electron chi connectivity index (χ4n) is 16.2. The van der Waals surface area contributed by atoms with Gasteiger partial charge in [0.1, 0.15) is 23.3 Å². The number of nitrogens with one attached hydrogen (secondary N) is 5. The summed E-state index contributed by atoms with van der Waals surface area (Å²) in [5.41, 5.74) is 36.5. The highest BCUT2D eigenvalue weighted by Gasteiger charge is 2.38. The van der Waals surface area contributed by atoms with Crippen LogP contribution >= 0.6 is 45.3 Å². The van der Waals surface area contributed by atoms with Crippen LogP contribution in [0.25, 0.3) is 40.9 Å². The van der Waals surface area contributed by atoms with E-state index in [4.69, 9.17) is 28.0 Å². The first kappa shape index (κ1) is 92.1. The van der Waals surface area contributed by atoms with Gasteiger partial charge in [-0.1, -0.05) is 79.7 Å². The van der Waals surface area contributed by atoms with Crippen LogP contribution in [0.5, 0.6) is 0 Å². The second-order valence-electron chi connectivity index (χ2n) is 32.6. The van der Waals surface area contributed by atoms with Crippen LogP contribution < -0.4 is 49.5 Å². The number of hydrogen-bond donors (Lipinski definition) is 10. The monoisotopic (exact) mass is 1770 g/mol. The minimum atomic E-state index is -1.54. The summed E-state index contributed by atoms with van der Waals surface area (Å²) in [6, 6.07) is 32.2. The van der Waals surface area contributed by atoms with Crippen LogP contribution in [-0.2, 0) is 64.0 Å². The number of piperidine rings is 4. The number of carboxylic acid groups (broad SMARTS) is 1. The average molecular weight is 1770 g/mol. The summed E-state index contributed by atoms with van der Waals surface area (Å²) in [4.78, 5) is 139. The summed E-state index contributed by atoms with van der Waals surface area (Å²) >= 11 is 6.74. The lowest BCUT2D eigenvalue weighted by molar-refractivity contribution is -0.147. The first-order chi connectivity index (χ1) is 59.8. The first-order valence-electron chi connectivity index (χ1n) is 42.4. The summed E-state index contributed by atoms with van der Waals surface area (Å²) < 4.78 is 4.69. The number of carboxylic acids is 1. The predicted octanol–water partition coefficient (Wildman–Crippen LogP) is 16.2. The Morgan fingerprint density at radius 1 is 0.376 bits per heavy atom. The number of carbonyl (C=O) groups excluding carboxylic acids is 7. The maximum atomic E-state index is 13.2. The standard InChI is InChI=1S/3C23H27N5O2S.C14H18N2S.C9H11N3O3/c3*1-4-15-9-17(11-25-21(15)24)27-22(29)23(30)28-12-13(2)5-7-19(28)16-6-8-20-18(10-16)26-14(3)31-20;1-9-3-5-12(15-8-9)11-4-6-14-13(7-11)16-10(2)17-14;1-2-5-3-6(4-11-7(5)10)12-8(13)9(14)15/h3*6,8-11,13,19H,4-5,7,12H2,1-3H3,(H2,24,25)(H,27,29);4,6-7,9,12,15H,3,5,8H2,1-2H3;3-4H,2H2,1H3,(H2,10,11)(H,12,13)(H,14,15)/t3*13-,19+;9-,12+;/m1000./s1. The number of hydrogen-bond acceptors (Lipinski definition) is 25. The minimum absolute atomic E-state index is 0.142. The van der Waals surface area contributed by atoms with Gasteiger partial charge in [0, 0.05) is 25.7 Å². The number of nitrogens with zero attached hydrogens (tertiary/aromatic N) is 11. The van der Waals surface area contributed by atoms with Gasteiger partial charge in [-0.2, -0.15) is 0 Å². The summed E-state index contributed by atoms with van der Waals surface area (Å²) in [7, 11) is 0. The molecular formula is C92H110N20O9S4. The zero-order valence-electron chi connectivity index (χ0n) is 72.6. The summed E-state index contributed by atoms with van der Waals surface area (Å²) in [6.07, 6.45) is 16.5. The SMILES string of the molecule is CCc1cc(NC(=O)C(=O)N2C[C@@H](C)CC[C@@H]2c2ccc3sc(C)nc3c2)cnc1N.CCc1cc(NC(=O)C(=O)N2C[C@@H](C)CC[C@@H]2c2ccc3sc(C)nc3c2)cnc1N.CCc1cc(NC(=O)C(=O)N2C[C@H](C)CC[C@H]2c2ccc3sc(C)nc3c2)cnc1N.CCc1cc(NC(=O)C(=O)O)cnc1N.Cc1nc2cc([C@H]3CC[C@H](C)CN3)ccc2s1. The van der Waals surface area contributed by atoms with Gasteiger partial charge in [0.2, 0.25) is 0 Å². The van der Waals surface area contributed by atoms with Crippen molar-refractivity contribution in [2.75, 3.05) is 70.4 Å². The van der Waals surface area contributed by atoms with Gasteiger partial charge in [-0.15, -0.1) is 45.3 Å². The zero-order chi connectivity index (χ0) is 89.6. The number of rotatable bonds is 12. The lowest BCUT2D eigenvalue weighted by Crippen LogP contribution is -2.46. The van der Waals surface area contributed by atoms with Crippen molar-refractivity contribution in [1.29, 1.82) is 0 Å². The molecule has 12 heterocycles. The molecular weight excluding hydrogens is 1660 g/mol. The van der Waals surface area contributed by atoms with Crippen molar-refractivity contribution in [2.24, 2.45) is 23.7 Å². The van der Waals surface area contributed by atoms with E-state index >= 15 is 0 Å². The number of carbonyl (C=O) groups is 8. The number of aryl methyl sites for hydroxylation is 8. The maximum Gasteiger partial charge on any atom is 0.394 e. The number of amides is 7. The smallest absolute Gasteiger partial charge is 0.394 e. The third-order valence-electron chi connectivity index (χ3n) is 22.9. The third-order valence-corrected chi connectivity index (χ3v) is 26.7. The number of aliphatic carboxylic acids is 1. The number of nitrogen functional groups attached to an aromatic ring is 4. The van der Waals surface area contributed by atoms with Crippen LogP contribution in [-0.4, -0.2) is 133 Å². The Labute approximate surface area is 742 Å². The number of thiazole rings is 4. The number of likely N-dealkylation sites (tertiary alicyclic amines) is 3. The van der Waals surface area contributed by atoms with Crippen molar-refractivity contribution in [3.05, 3.63) is 186 Å². The van der Waals surface area contributed by atoms with Gasteiger partial charge in [-0.3, -0.25) is 33.6 Å². The normalized spacial score (nSPS) is 18.6. The van der Waals surface area contributed by atoms with Gasteiger partial charge in [0.05, 0.1) is 127 Å². The third kappa shape index (κ3) is 23.3. The van der Waals surface area contributed by atoms with Crippen molar-refractivity contribution in [3.63, 3.8) is 0 Å². The molecule has 4 aliphatic rings. The Kier molecular flexibility index (Phi) is 30.7. The van der Waals surface area contributed by atoms with Gasteiger partial charge in [0.25, 0.3) is 0 Å². The van der Waals surface area contributed by atoms with Gasteiger partial charge in [0.15, 0.2) is 0 Å². The van der Waals surface area contributed by atoms with E-state index in [9.17, 15) is 38.4 Å². The Hall–Kier alpha value is -12.0. The summed E-state index contributed by atoms with van der Waals surface area (Å²) in [5, 5.41) is 26.5. The van der Waals surface area contributed by atoms with Crippen molar-refractivity contribution in [3.8, 4) is 0 Å². The van der Waals surface area contributed by atoms with Crippen molar-refractivity contribution < 1.29 is 43.5 Å². The zero-order valence-corrected chi connectivity index (χ0v) is 75.8. The molecule has 0 spiro atoms. The van der Waals surface area contributed by atoms with E-state index in [1.165, 1.54) is 47.9 Å². The summed E-state index contributed by atoms with van der Waals surface area (Å²) in [5.74, 6) is -2.67. The van der Waals surface area contributed by atoms with Gasteiger partial charge >= 0.3 is 47.3 Å². The van der Waals surface area contributed by atoms with Crippen molar-refractivity contribution in [1.82, 2.24) is 59.9 Å². The lowest BCUT2D eigenvalue weighted by atomic mass is 9.89. The molecule has 4 aliphatic heterocycles. The molecule has 8 atom stereocenters. The molecule has 29 nitrogen and oxygen atoms in total. The molecule has 4 aromatic carbocycles. The molecule has 0 unspecified atom stereocenters. The molecule has 125 heavy (non-hydrogen) atoms. The fourth-order valence-corrected chi connectivity index (χ4v) is 19.4. The molecule has 12 aromatic rings. The van der Waals surface area contributed by atoms with Gasteiger partial charge < -0.3 is 69.3 Å². The summed E-state index contributed by atoms with van der Waals surface area (Å²) in [6.45, 7) is 27.2. The molecule has 0 aliphatic carbocycles. The van der Waals surface area contributed by atoms with E-state index in [0.29, 0.717) is 115 Å². The van der Waals surface area contributed by atoms with E-state index in [0.717, 1.165) is 146 Å². The molecule has 14 N–H and O–H groups in total. The molecule has 0 saturated carbocycles. The maximum absolute atomic E-state index is 13.2. The molecule has 8 aromatic heterocycles. The molecule has 4 fully saturated rings. The first-order valence-corrected chi connectivity index (χ1v) is 45.7. The molecule has 0 radical (unpaired) electrons. The van der Waals surface area contributed by atoms with Crippen LogP contribution in [0, 0.1) is 51.4 Å². The highest BCUT2D eigenvalue weighted by Crippen LogP contribution is 2.41. The number of aromatic nitrogens is 8. The molecule has 7 amide bonds. The van der Waals surface area contributed by atoms with E-state index in [1.54, 1.807) is 84.3 Å². The van der Waals surface area contributed by atoms with Crippen LogP contribution in [0.3, 0.4) is 0 Å². The Morgan fingerprint density at radius 3 is 0.904 bits per heavy atom. The lowest BCUT2D eigenvalue weighted by Gasteiger charge is -2.38. The average Bonchev–Trinajstić information content (AvgIpc) is 1.79. The number of nitrogens with two attached hydrogens (primary N) is 4. The fraction of sp³-hybridized carbons (Fsp3) is 0.391. The van der Waals surface area contributed by atoms with E-state index in [-0.39, 0.29) is 18.1 Å². The number of fused-ring (bicyclic) bond motifs is 4. The van der Waals surface area contributed by atoms with Crippen molar-refractivity contribution >= 4 is 180 Å². The van der Waals surface area contributed by atoms with E-state index in [2.05, 4.69) is 174 Å². The van der Waals surface area contributed by atoms with Crippen LogP contribution in [0.1, 0.15) is 195 Å². The molecule has 16 rings (SSSR count). The minimum Gasteiger partial charge on any atom is -0.474 e. The molecule has 0 bridgehead atoms. The Bertz CT molecular complexity index is 5530. The number of benzene rings is 4. The quantitative estimate of drug-likeness (QED) is 0.0508. The van der Waals surface area contributed by atoms with Crippen LogP contribution in [0.2, 0.25) is 0 Å². The molecule has 656 valence electrons.